The lowest BCUT2D eigenvalue weighted by atomic mass is 9.96. The fourth-order valence-electron chi connectivity index (χ4n) is 2.93. The van der Waals surface area contributed by atoms with Crippen LogP contribution in [0.15, 0.2) is 24.3 Å². The molecule has 114 valence electrons. The molecule has 1 atom stereocenters. The molecule has 2 aliphatic heterocycles. The molecule has 0 aliphatic carbocycles. The summed E-state index contributed by atoms with van der Waals surface area (Å²) in [6, 6.07) is 7.65. The molecule has 1 fully saturated rings. The van der Waals surface area contributed by atoms with Gasteiger partial charge in [-0.2, -0.15) is 0 Å². The average molecular weight is 290 g/mol. The molecule has 0 bridgehead atoms. The van der Waals surface area contributed by atoms with Crippen molar-refractivity contribution >= 4 is 5.91 Å². The SMILES string of the molecule is CN(CC1COc2ccccc2O1)C(=O)C1CCNCC1. The Hall–Kier alpha value is -1.75. The number of benzene rings is 1. The summed E-state index contributed by atoms with van der Waals surface area (Å²) in [7, 11) is 1.86. The first-order valence-corrected chi connectivity index (χ1v) is 7.58. The lowest BCUT2D eigenvalue weighted by molar-refractivity contribution is -0.136. The van der Waals surface area contributed by atoms with Crippen LogP contribution < -0.4 is 14.8 Å². The highest BCUT2D eigenvalue weighted by molar-refractivity contribution is 5.78. The van der Waals surface area contributed by atoms with Gasteiger partial charge in [0.05, 0.1) is 6.54 Å². The number of ether oxygens (including phenoxy) is 2. The topological polar surface area (TPSA) is 50.8 Å². The molecule has 1 N–H and O–H groups in total. The zero-order valence-corrected chi connectivity index (χ0v) is 12.4. The van der Waals surface area contributed by atoms with Crippen LogP contribution >= 0.6 is 0 Å². The van der Waals surface area contributed by atoms with E-state index in [0.29, 0.717) is 13.2 Å². The van der Waals surface area contributed by atoms with Crippen molar-refractivity contribution in [2.75, 3.05) is 33.3 Å². The van der Waals surface area contributed by atoms with Gasteiger partial charge in [0, 0.05) is 13.0 Å². The van der Waals surface area contributed by atoms with E-state index in [1.54, 1.807) is 4.90 Å². The van der Waals surface area contributed by atoms with Gasteiger partial charge in [-0.05, 0) is 38.1 Å². The van der Waals surface area contributed by atoms with Crippen molar-refractivity contribution in [2.45, 2.75) is 18.9 Å². The van der Waals surface area contributed by atoms with Crippen LogP contribution in [-0.2, 0) is 4.79 Å². The maximum Gasteiger partial charge on any atom is 0.225 e. The molecule has 5 heteroatoms. The van der Waals surface area contributed by atoms with Crippen LogP contribution in [0.25, 0.3) is 0 Å². The van der Waals surface area contributed by atoms with Crippen molar-refractivity contribution in [1.29, 1.82) is 0 Å². The molecule has 5 nitrogen and oxygen atoms in total. The average Bonchev–Trinajstić information content (AvgIpc) is 2.55. The lowest BCUT2D eigenvalue weighted by Gasteiger charge is -2.32. The van der Waals surface area contributed by atoms with Gasteiger partial charge in [0.2, 0.25) is 5.91 Å². The second-order valence-corrected chi connectivity index (χ2v) is 5.74. The number of rotatable bonds is 3. The molecule has 0 spiro atoms. The Balaban J connectivity index is 1.56. The quantitative estimate of drug-likeness (QED) is 0.911. The highest BCUT2D eigenvalue weighted by atomic mass is 16.6. The number of piperidine rings is 1. The highest BCUT2D eigenvalue weighted by Crippen LogP contribution is 2.31. The van der Waals surface area contributed by atoms with Gasteiger partial charge in [-0.3, -0.25) is 4.79 Å². The summed E-state index contributed by atoms with van der Waals surface area (Å²) in [4.78, 5) is 14.2. The predicted molar refractivity (Wildman–Crippen MR) is 79.6 cm³/mol. The summed E-state index contributed by atoms with van der Waals surface area (Å²) >= 11 is 0. The highest BCUT2D eigenvalue weighted by Gasteiger charge is 2.28. The molecule has 1 aromatic rings. The molecular formula is C16H22N2O3. The van der Waals surface area contributed by atoms with E-state index in [0.717, 1.165) is 37.4 Å². The van der Waals surface area contributed by atoms with Crippen molar-refractivity contribution in [3.63, 3.8) is 0 Å². The van der Waals surface area contributed by atoms with E-state index in [4.69, 9.17) is 9.47 Å². The van der Waals surface area contributed by atoms with Crippen LogP contribution in [0.2, 0.25) is 0 Å². The molecule has 2 heterocycles. The van der Waals surface area contributed by atoms with E-state index in [-0.39, 0.29) is 17.9 Å². The standard InChI is InChI=1S/C16H22N2O3/c1-18(16(19)12-6-8-17-9-7-12)10-13-11-20-14-4-2-3-5-15(14)21-13/h2-5,12-13,17H,6-11H2,1H3. The van der Waals surface area contributed by atoms with Gasteiger partial charge in [0.25, 0.3) is 0 Å². The van der Waals surface area contributed by atoms with Gasteiger partial charge in [0.15, 0.2) is 17.6 Å². The number of nitrogens with one attached hydrogen (secondary N) is 1. The molecule has 3 rings (SSSR count). The lowest BCUT2D eigenvalue weighted by Crippen LogP contribution is -2.45. The monoisotopic (exact) mass is 290 g/mol. The molecule has 0 radical (unpaired) electrons. The summed E-state index contributed by atoms with van der Waals surface area (Å²) in [5, 5.41) is 3.29. The van der Waals surface area contributed by atoms with Gasteiger partial charge in [-0.25, -0.2) is 0 Å². The van der Waals surface area contributed by atoms with Crippen molar-refractivity contribution in [3.05, 3.63) is 24.3 Å². The van der Waals surface area contributed by atoms with E-state index < -0.39 is 0 Å². The van der Waals surface area contributed by atoms with E-state index >= 15 is 0 Å². The molecule has 2 aliphatic rings. The zero-order valence-electron chi connectivity index (χ0n) is 12.4. The minimum absolute atomic E-state index is 0.101. The van der Waals surface area contributed by atoms with Gasteiger partial charge >= 0.3 is 0 Å². The smallest absolute Gasteiger partial charge is 0.225 e. The van der Waals surface area contributed by atoms with Crippen LogP contribution in [0.5, 0.6) is 11.5 Å². The first-order valence-electron chi connectivity index (χ1n) is 7.58. The van der Waals surface area contributed by atoms with Crippen molar-refractivity contribution in [1.82, 2.24) is 10.2 Å². The Morgan fingerprint density at radius 1 is 1.29 bits per heavy atom. The van der Waals surface area contributed by atoms with Crippen LogP contribution in [0.3, 0.4) is 0 Å². The maximum atomic E-state index is 12.4. The van der Waals surface area contributed by atoms with Gasteiger partial charge in [0.1, 0.15) is 6.61 Å². The molecule has 1 unspecified atom stereocenters. The van der Waals surface area contributed by atoms with Gasteiger partial charge < -0.3 is 19.7 Å². The molecule has 1 saturated heterocycles. The third-order valence-electron chi connectivity index (χ3n) is 4.11. The Kier molecular flexibility index (Phi) is 4.29. The molecule has 0 saturated carbocycles. The van der Waals surface area contributed by atoms with Crippen LogP contribution in [0.1, 0.15) is 12.8 Å². The number of para-hydroxylation sites is 2. The van der Waals surface area contributed by atoms with Gasteiger partial charge in [-0.1, -0.05) is 12.1 Å². The molecular weight excluding hydrogens is 268 g/mol. The second kappa shape index (κ2) is 6.35. The summed E-state index contributed by atoms with van der Waals surface area (Å²) in [6.07, 6.45) is 1.75. The number of hydrogen-bond acceptors (Lipinski definition) is 4. The van der Waals surface area contributed by atoms with Crippen LogP contribution in [-0.4, -0.2) is 50.2 Å². The normalized spacial score (nSPS) is 21.9. The Labute approximate surface area is 125 Å². The van der Waals surface area contributed by atoms with E-state index in [2.05, 4.69) is 5.32 Å². The summed E-state index contributed by atoms with van der Waals surface area (Å²) in [5.74, 6) is 1.91. The molecule has 1 aromatic carbocycles. The third-order valence-corrected chi connectivity index (χ3v) is 4.11. The summed E-state index contributed by atoms with van der Waals surface area (Å²) in [6.45, 7) is 2.92. The Morgan fingerprint density at radius 2 is 2.00 bits per heavy atom. The third kappa shape index (κ3) is 3.29. The van der Waals surface area contributed by atoms with E-state index in [1.165, 1.54) is 0 Å². The zero-order chi connectivity index (χ0) is 14.7. The maximum absolute atomic E-state index is 12.4. The number of carbonyl (C=O) groups excluding carboxylic acids is 1. The summed E-state index contributed by atoms with van der Waals surface area (Å²) < 4.78 is 11.6. The van der Waals surface area contributed by atoms with Crippen molar-refractivity contribution in [3.8, 4) is 11.5 Å². The molecule has 1 amide bonds. The minimum atomic E-state index is -0.101. The fourth-order valence-corrected chi connectivity index (χ4v) is 2.93. The van der Waals surface area contributed by atoms with E-state index in [9.17, 15) is 4.79 Å². The number of likely N-dealkylation sites (N-methyl/N-ethyl adjacent to an activating group) is 1. The van der Waals surface area contributed by atoms with Gasteiger partial charge in [-0.15, -0.1) is 0 Å². The van der Waals surface area contributed by atoms with Crippen molar-refractivity contribution in [2.24, 2.45) is 5.92 Å². The summed E-state index contributed by atoms with van der Waals surface area (Å²) in [5.41, 5.74) is 0. The first kappa shape index (κ1) is 14.2. The number of hydrogen-bond donors (Lipinski definition) is 1. The van der Waals surface area contributed by atoms with Crippen LogP contribution in [0.4, 0.5) is 0 Å². The van der Waals surface area contributed by atoms with Crippen LogP contribution in [0, 0.1) is 5.92 Å². The Bertz CT molecular complexity index is 500. The predicted octanol–water partition coefficient (Wildman–Crippen LogP) is 1.28. The minimum Gasteiger partial charge on any atom is -0.486 e. The molecule has 0 aromatic heterocycles. The largest absolute Gasteiger partial charge is 0.486 e. The number of amides is 1. The number of nitrogens with zero attached hydrogens (tertiary/aromatic N) is 1. The molecule has 21 heavy (non-hydrogen) atoms. The number of carbonyl (C=O) groups is 1. The Morgan fingerprint density at radius 3 is 2.76 bits per heavy atom. The van der Waals surface area contributed by atoms with Crippen molar-refractivity contribution < 1.29 is 14.3 Å². The second-order valence-electron chi connectivity index (χ2n) is 5.74. The fraction of sp³-hybridized carbons (Fsp3) is 0.562. The number of fused-ring (bicyclic) bond motifs is 1. The first-order chi connectivity index (χ1) is 10.2. The van der Waals surface area contributed by atoms with E-state index in [1.807, 2.05) is 31.3 Å².